The molecule has 0 fully saturated rings. The van der Waals surface area contributed by atoms with Crippen LogP contribution in [0.5, 0.6) is 6.08 Å². The molecule has 2 heterocycles. The zero-order chi connectivity index (χ0) is 20.2. The van der Waals surface area contributed by atoms with E-state index < -0.39 is 5.91 Å². The Kier molecular flexibility index (Phi) is 5.02. The Morgan fingerprint density at radius 1 is 1.14 bits per heavy atom. The van der Waals surface area contributed by atoms with Crippen molar-refractivity contribution in [3.63, 3.8) is 0 Å². The van der Waals surface area contributed by atoms with Crippen molar-refractivity contribution in [3.8, 4) is 23.2 Å². The lowest BCUT2D eigenvalue weighted by atomic mass is 10.2. The third kappa shape index (κ3) is 4.29. The van der Waals surface area contributed by atoms with Gasteiger partial charge in [0.1, 0.15) is 11.6 Å². The fraction of sp³-hybridized carbons (Fsp3) is 0.100. The second-order valence-electron chi connectivity index (χ2n) is 6.14. The van der Waals surface area contributed by atoms with Gasteiger partial charge in [-0.25, -0.2) is 9.07 Å². The number of hydrogen-bond donors (Lipinski definition) is 1. The molecule has 0 aliphatic carbocycles. The summed E-state index contributed by atoms with van der Waals surface area (Å²) in [4.78, 5) is 12.3. The van der Waals surface area contributed by atoms with E-state index in [0.29, 0.717) is 23.1 Å². The zero-order valence-electron chi connectivity index (χ0n) is 15.4. The summed E-state index contributed by atoms with van der Waals surface area (Å²) in [5.41, 5.74) is 2.05. The maximum absolute atomic E-state index is 13.2. The first-order valence-electron chi connectivity index (χ1n) is 8.73. The predicted molar refractivity (Wildman–Crippen MR) is 102 cm³/mol. The van der Waals surface area contributed by atoms with Gasteiger partial charge >= 0.3 is 6.08 Å². The number of benzene rings is 2. The molecule has 1 N–H and O–H groups in total. The average Bonchev–Trinajstić information content (AvgIpc) is 3.34. The van der Waals surface area contributed by atoms with Crippen molar-refractivity contribution in [2.24, 2.45) is 0 Å². The number of anilines is 1. The van der Waals surface area contributed by atoms with Crippen LogP contribution in [0.15, 0.2) is 65.1 Å². The summed E-state index contributed by atoms with van der Waals surface area (Å²) < 4.78 is 25.3. The zero-order valence-corrected chi connectivity index (χ0v) is 15.4. The Labute approximate surface area is 164 Å². The minimum atomic E-state index is -0.437. The van der Waals surface area contributed by atoms with Crippen LogP contribution in [0.2, 0.25) is 0 Å². The molecule has 0 spiro atoms. The van der Waals surface area contributed by atoms with Crippen LogP contribution >= 0.6 is 0 Å². The van der Waals surface area contributed by atoms with Crippen molar-refractivity contribution in [3.05, 3.63) is 72.2 Å². The molecule has 146 valence electrons. The van der Waals surface area contributed by atoms with Crippen LogP contribution in [-0.2, 0) is 4.79 Å². The molecule has 1 amide bonds. The number of rotatable bonds is 6. The Hall–Kier alpha value is -4.01. The van der Waals surface area contributed by atoms with E-state index in [-0.39, 0.29) is 18.5 Å². The molecule has 0 aliphatic rings. The Balaban J connectivity index is 1.41. The predicted octanol–water partition coefficient (Wildman–Crippen LogP) is 3.39. The minimum Gasteiger partial charge on any atom is -0.439 e. The van der Waals surface area contributed by atoms with Gasteiger partial charge in [-0.05, 0) is 43.3 Å². The van der Waals surface area contributed by atoms with Crippen molar-refractivity contribution >= 4 is 11.7 Å². The van der Waals surface area contributed by atoms with E-state index in [4.69, 9.17) is 9.15 Å². The summed E-state index contributed by atoms with van der Waals surface area (Å²) in [6.07, 6.45) is -0.109. The number of hydrogen-bond acceptors (Lipinski definition) is 6. The number of ether oxygens (including phenoxy) is 1. The van der Waals surface area contributed by atoms with E-state index in [1.54, 1.807) is 25.1 Å². The lowest BCUT2D eigenvalue weighted by molar-refractivity contribution is -0.118. The van der Waals surface area contributed by atoms with Crippen LogP contribution < -0.4 is 10.1 Å². The number of carbonyl (C=O) groups is 1. The van der Waals surface area contributed by atoms with Gasteiger partial charge in [-0.15, -0.1) is 5.10 Å². The first kappa shape index (κ1) is 18.4. The van der Waals surface area contributed by atoms with E-state index >= 15 is 0 Å². The maximum Gasteiger partial charge on any atom is 0.415 e. The largest absolute Gasteiger partial charge is 0.439 e. The lowest BCUT2D eigenvalue weighted by Gasteiger charge is -2.08. The molecule has 8 nitrogen and oxygen atoms in total. The summed E-state index contributed by atoms with van der Waals surface area (Å²) in [5, 5.41) is 14.7. The van der Waals surface area contributed by atoms with Crippen molar-refractivity contribution in [2.45, 2.75) is 6.92 Å². The maximum atomic E-state index is 13.2. The van der Waals surface area contributed by atoms with Gasteiger partial charge in [0.2, 0.25) is 0 Å². The average molecular weight is 393 g/mol. The molecule has 0 unspecified atom stereocenters. The molecule has 0 radical (unpaired) electrons. The van der Waals surface area contributed by atoms with Crippen LogP contribution in [-0.4, -0.2) is 32.5 Å². The van der Waals surface area contributed by atoms with Crippen molar-refractivity contribution in [2.75, 3.05) is 11.9 Å². The molecule has 0 bridgehead atoms. The fourth-order valence-corrected chi connectivity index (χ4v) is 2.64. The third-order valence-electron chi connectivity index (χ3n) is 3.92. The van der Waals surface area contributed by atoms with Gasteiger partial charge in [0, 0.05) is 11.6 Å². The van der Waals surface area contributed by atoms with Gasteiger partial charge in [-0.2, -0.15) is 5.10 Å². The third-order valence-corrected chi connectivity index (χ3v) is 3.92. The molecule has 0 atom stereocenters. The Morgan fingerprint density at radius 2 is 1.90 bits per heavy atom. The lowest BCUT2D eigenvalue weighted by Crippen LogP contribution is -2.22. The van der Waals surface area contributed by atoms with Crippen LogP contribution in [0.4, 0.5) is 10.2 Å². The van der Waals surface area contributed by atoms with Gasteiger partial charge in [0.25, 0.3) is 11.8 Å². The normalized spacial score (nSPS) is 10.7. The van der Waals surface area contributed by atoms with Crippen molar-refractivity contribution < 1.29 is 18.3 Å². The van der Waals surface area contributed by atoms with Crippen molar-refractivity contribution in [1.29, 1.82) is 0 Å². The molecule has 2 aromatic carbocycles. The van der Waals surface area contributed by atoms with Crippen LogP contribution in [0, 0.1) is 12.7 Å². The summed E-state index contributed by atoms with van der Waals surface area (Å²) in [6, 6.07) is 16.7. The topological polar surface area (TPSA) is 95.1 Å². The number of nitrogens with one attached hydrogen (secondary N) is 1. The minimum absolute atomic E-state index is 0.109. The van der Waals surface area contributed by atoms with Crippen LogP contribution in [0.3, 0.4) is 0 Å². The van der Waals surface area contributed by atoms with Crippen LogP contribution in [0.1, 0.15) is 5.69 Å². The Morgan fingerprint density at radius 3 is 2.66 bits per heavy atom. The quantitative estimate of drug-likeness (QED) is 0.540. The molecule has 0 saturated carbocycles. The van der Waals surface area contributed by atoms with Gasteiger partial charge in [-0.1, -0.05) is 23.3 Å². The highest BCUT2D eigenvalue weighted by molar-refractivity contribution is 5.91. The monoisotopic (exact) mass is 393 g/mol. The standard InChI is InChI=1S/C20H16FN5O3/c1-13-11-17(26(25-13)16-9-7-15(21)8-10-16)22-18(27)12-28-20-24-23-19(29-20)14-5-3-2-4-6-14/h2-11H,12H2,1H3,(H,22,27). The van der Waals surface area contributed by atoms with Gasteiger partial charge in [0.15, 0.2) is 6.61 Å². The van der Waals surface area contributed by atoms with Crippen molar-refractivity contribution in [1.82, 2.24) is 20.0 Å². The summed E-state index contributed by atoms with van der Waals surface area (Å²) >= 11 is 0. The highest BCUT2D eigenvalue weighted by Gasteiger charge is 2.14. The SMILES string of the molecule is Cc1cc(NC(=O)COc2nnc(-c3ccccc3)o2)n(-c2ccc(F)cc2)n1. The molecule has 0 saturated heterocycles. The number of aryl methyl sites for hydroxylation is 1. The van der Waals surface area contributed by atoms with Gasteiger partial charge in [0.05, 0.1) is 11.4 Å². The van der Waals surface area contributed by atoms with E-state index in [0.717, 1.165) is 5.56 Å². The highest BCUT2D eigenvalue weighted by atomic mass is 19.1. The molecule has 29 heavy (non-hydrogen) atoms. The number of amides is 1. The van der Waals surface area contributed by atoms with E-state index in [1.165, 1.54) is 16.8 Å². The molecular weight excluding hydrogens is 377 g/mol. The van der Waals surface area contributed by atoms with Crippen LogP contribution in [0.25, 0.3) is 17.1 Å². The number of aromatic nitrogens is 4. The van der Waals surface area contributed by atoms with E-state index in [1.807, 2.05) is 30.3 Å². The highest BCUT2D eigenvalue weighted by Crippen LogP contribution is 2.21. The second kappa shape index (κ2) is 7.93. The molecule has 2 aromatic heterocycles. The second-order valence-corrected chi connectivity index (χ2v) is 6.14. The number of halogens is 1. The summed E-state index contributed by atoms with van der Waals surface area (Å²) in [5.74, 6) is -0.0667. The first-order chi connectivity index (χ1) is 14.1. The molecule has 9 heteroatoms. The number of nitrogens with zero attached hydrogens (tertiary/aromatic N) is 4. The number of carbonyl (C=O) groups excluding carboxylic acids is 1. The van der Waals surface area contributed by atoms with E-state index in [2.05, 4.69) is 20.6 Å². The Bertz CT molecular complexity index is 1120. The fourth-order valence-electron chi connectivity index (χ4n) is 2.64. The molecule has 0 aliphatic heterocycles. The molecular formula is C20H16FN5O3. The molecule has 4 rings (SSSR count). The van der Waals surface area contributed by atoms with E-state index in [9.17, 15) is 9.18 Å². The summed E-state index contributed by atoms with van der Waals surface area (Å²) in [6.45, 7) is 1.46. The van der Waals surface area contributed by atoms with Gasteiger partial charge in [-0.3, -0.25) is 4.79 Å². The summed E-state index contributed by atoms with van der Waals surface area (Å²) in [7, 11) is 0. The molecule has 4 aromatic rings. The first-order valence-corrected chi connectivity index (χ1v) is 8.73. The van der Waals surface area contributed by atoms with Gasteiger partial charge < -0.3 is 14.5 Å². The smallest absolute Gasteiger partial charge is 0.415 e.